The van der Waals surface area contributed by atoms with E-state index in [4.69, 9.17) is 0 Å². The van der Waals surface area contributed by atoms with Gasteiger partial charge in [0.15, 0.2) is 11.3 Å². The number of halogens is 3. The van der Waals surface area contributed by atoms with Gasteiger partial charge in [-0.3, -0.25) is 4.79 Å². The lowest BCUT2D eigenvalue weighted by Crippen LogP contribution is -2.56. The molecule has 0 saturated heterocycles. The van der Waals surface area contributed by atoms with E-state index in [1.807, 2.05) is 0 Å². The maximum atomic E-state index is 13.7. The number of aromatic nitrogens is 3. The van der Waals surface area contributed by atoms with Gasteiger partial charge >= 0.3 is 6.18 Å². The maximum absolute atomic E-state index is 13.7. The molecule has 0 aliphatic heterocycles. The second-order valence-electron chi connectivity index (χ2n) is 10.9. The van der Waals surface area contributed by atoms with E-state index in [0.717, 1.165) is 66.9 Å². The fourth-order valence-corrected chi connectivity index (χ4v) is 7.42. The second-order valence-corrected chi connectivity index (χ2v) is 10.9. The number of hydrogen-bond acceptors (Lipinski definition) is 3. The molecule has 5 aliphatic carbocycles. The summed E-state index contributed by atoms with van der Waals surface area (Å²) >= 11 is 0. The molecule has 0 spiro atoms. The average molecular weight is 447 g/mol. The lowest BCUT2D eigenvalue weighted by atomic mass is 9.47. The zero-order valence-corrected chi connectivity index (χ0v) is 18.3. The van der Waals surface area contributed by atoms with Gasteiger partial charge in [0.25, 0.3) is 5.91 Å². The van der Waals surface area contributed by atoms with Crippen LogP contribution in [0.25, 0.3) is 5.65 Å². The van der Waals surface area contributed by atoms with Crippen molar-refractivity contribution in [3.05, 3.63) is 29.2 Å². The Labute approximate surface area is 185 Å². The minimum absolute atomic E-state index is 0.0131. The summed E-state index contributed by atoms with van der Waals surface area (Å²) < 4.78 is 41.9. The van der Waals surface area contributed by atoms with Crippen molar-refractivity contribution in [3.8, 4) is 0 Å². The topological polar surface area (TPSA) is 59.3 Å². The number of hydrogen-bond donors (Lipinski definition) is 1. The van der Waals surface area contributed by atoms with Gasteiger partial charge in [-0.15, -0.1) is 0 Å². The van der Waals surface area contributed by atoms with Crippen LogP contribution in [0.5, 0.6) is 0 Å². The Morgan fingerprint density at radius 2 is 1.78 bits per heavy atom. The minimum atomic E-state index is -4.56. The molecule has 8 heteroatoms. The lowest BCUT2D eigenvalue weighted by Gasteiger charge is -2.59. The molecule has 2 aromatic heterocycles. The number of nitrogens with one attached hydrogen (secondary N) is 1. The van der Waals surface area contributed by atoms with Crippen molar-refractivity contribution in [3.63, 3.8) is 0 Å². The van der Waals surface area contributed by atoms with Gasteiger partial charge in [0.1, 0.15) is 5.69 Å². The molecule has 4 bridgehead atoms. The summed E-state index contributed by atoms with van der Waals surface area (Å²) in [5.74, 6) is 1.98. The van der Waals surface area contributed by atoms with Crippen LogP contribution in [0.1, 0.15) is 92.5 Å². The van der Waals surface area contributed by atoms with Crippen molar-refractivity contribution in [2.75, 3.05) is 0 Å². The first-order valence-corrected chi connectivity index (χ1v) is 12.0. The van der Waals surface area contributed by atoms with Crippen LogP contribution in [-0.4, -0.2) is 26.5 Å². The highest BCUT2D eigenvalue weighted by atomic mass is 19.4. The molecule has 1 atom stereocenters. The van der Waals surface area contributed by atoms with Gasteiger partial charge in [-0.05, 0) is 87.0 Å². The molecule has 1 amide bonds. The van der Waals surface area contributed by atoms with E-state index in [1.165, 1.54) is 25.3 Å². The molecule has 5 aliphatic rings. The van der Waals surface area contributed by atoms with Gasteiger partial charge in [-0.1, -0.05) is 6.92 Å². The predicted molar refractivity (Wildman–Crippen MR) is 112 cm³/mol. The highest BCUT2D eigenvalue weighted by molar-refractivity contribution is 5.93. The Hall–Kier alpha value is -2.12. The van der Waals surface area contributed by atoms with Crippen LogP contribution in [0.15, 0.2) is 12.1 Å². The standard InChI is InChI=1S/C24H29F3N4O/c1-2-19(23-10-13-5-14(11-23)7-15(6-13)12-23)29-22(32)18-9-21-28-17(16-3-4-16)8-20(24(25,26)27)31(21)30-18/h8-9,13-16,19H,2-7,10-12H2,1H3,(H,29,32). The molecule has 7 rings (SSSR count). The van der Waals surface area contributed by atoms with Crippen LogP contribution < -0.4 is 5.32 Å². The first kappa shape index (κ1) is 20.5. The van der Waals surface area contributed by atoms with Crippen molar-refractivity contribution in [2.24, 2.45) is 23.2 Å². The van der Waals surface area contributed by atoms with Gasteiger partial charge in [0, 0.05) is 23.7 Å². The Morgan fingerprint density at radius 3 is 2.31 bits per heavy atom. The third-order valence-electron chi connectivity index (χ3n) is 8.50. The zero-order valence-electron chi connectivity index (χ0n) is 18.3. The van der Waals surface area contributed by atoms with Gasteiger partial charge in [-0.25, -0.2) is 9.50 Å². The Bertz CT molecular complexity index is 1040. The Morgan fingerprint density at radius 1 is 1.16 bits per heavy atom. The SMILES string of the molecule is CCC(NC(=O)c1cc2nc(C3CC3)cc(C(F)(F)F)n2n1)C12CC3CC(CC(C3)C1)C2. The second kappa shape index (κ2) is 6.94. The average Bonchev–Trinajstić information content (AvgIpc) is 3.47. The summed E-state index contributed by atoms with van der Waals surface area (Å²) in [4.78, 5) is 17.6. The van der Waals surface area contributed by atoms with Gasteiger partial charge in [-0.2, -0.15) is 18.3 Å². The van der Waals surface area contributed by atoms with Gasteiger partial charge in [0.2, 0.25) is 0 Å². The summed E-state index contributed by atoms with van der Waals surface area (Å²) in [7, 11) is 0. The van der Waals surface area contributed by atoms with Gasteiger partial charge < -0.3 is 5.32 Å². The van der Waals surface area contributed by atoms with E-state index in [9.17, 15) is 18.0 Å². The highest BCUT2D eigenvalue weighted by Crippen LogP contribution is 2.61. The van der Waals surface area contributed by atoms with Crippen LogP contribution in [0.2, 0.25) is 0 Å². The number of carbonyl (C=O) groups excluding carboxylic acids is 1. The molecule has 1 unspecified atom stereocenters. The maximum Gasteiger partial charge on any atom is 0.433 e. The smallest absolute Gasteiger partial charge is 0.347 e. The van der Waals surface area contributed by atoms with Crippen LogP contribution in [-0.2, 0) is 6.18 Å². The predicted octanol–water partition coefficient (Wildman–Crippen LogP) is 5.35. The first-order chi connectivity index (χ1) is 15.2. The Kier molecular flexibility index (Phi) is 4.44. The molecule has 2 aromatic rings. The first-order valence-electron chi connectivity index (χ1n) is 12.0. The molecule has 172 valence electrons. The normalized spacial score (nSPS) is 32.4. The monoisotopic (exact) mass is 446 g/mol. The highest BCUT2D eigenvalue weighted by Gasteiger charge is 2.54. The third-order valence-corrected chi connectivity index (χ3v) is 8.50. The number of fused-ring (bicyclic) bond motifs is 1. The summed E-state index contributed by atoms with van der Waals surface area (Å²) in [5.41, 5.74) is -0.186. The number of nitrogens with zero attached hydrogens (tertiary/aromatic N) is 3. The zero-order chi connectivity index (χ0) is 22.3. The number of carbonyl (C=O) groups is 1. The Balaban J connectivity index is 1.30. The van der Waals surface area contributed by atoms with Crippen molar-refractivity contribution in [1.82, 2.24) is 19.9 Å². The van der Waals surface area contributed by atoms with Crippen LogP contribution in [0.3, 0.4) is 0 Å². The summed E-state index contributed by atoms with van der Waals surface area (Å²) in [6, 6.07) is 2.53. The van der Waals surface area contributed by atoms with Crippen molar-refractivity contribution in [1.29, 1.82) is 0 Å². The van der Waals surface area contributed by atoms with E-state index in [1.54, 1.807) is 0 Å². The van der Waals surface area contributed by atoms with E-state index in [0.29, 0.717) is 5.69 Å². The molecule has 1 N–H and O–H groups in total. The molecule has 5 nitrogen and oxygen atoms in total. The largest absolute Gasteiger partial charge is 0.433 e. The van der Waals surface area contributed by atoms with Crippen molar-refractivity contribution >= 4 is 11.6 Å². The molecular formula is C24H29F3N4O. The fourth-order valence-electron chi connectivity index (χ4n) is 7.42. The molecular weight excluding hydrogens is 417 g/mol. The number of alkyl halides is 3. The van der Waals surface area contributed by atoms with E-state index in [2.05, 4.69) is 22.3 Å². The van der Waals surface area contributed by atoms with E-state index >= 15 is 0 Å². The van der Waals surface area contributed by atoms with E-state index in [-0.39, 0.29) is 34.6 Å². The van der Waals surface area contributed by atoms with Gasteiger partial charge in [0.05, 0.1) is 0 Å². The van der Waals surface area contributed by atoms with Crippen molar-refractivity contribution < 1.29 is 18.0 Å². The molecule has 0 aromatic carbocycles. The van der Waals surface area contributed by atoms with Crippen LogP contribution in [0.4, 0.5) is 13.2 Å². The molecule has 5 fully saturated rings. The number of amides is 1. The van der Waals surface area contributed by atoms with Crippen molar-refractivity contribution in [2.45, 2.75) is 82.8 Å². The summed E-state index contributed by atoms with van der Waals surface area (Å²) in [6.45, 7) is 2.10. The lowest BCUT2D eigenvalue weighted by molar-refractivity contribution is -0.142. The molecule has 32 heavy (non-hydrogen) atoms. The number of rotatable bonds is 5. The molecule has 5 saturated carbocycles. The van der Waals surface area contributed by atoms with Crippen LogP contribution in [0, 0.1) is 23.2 Å². The molecule has 0 radical (unpaired) electrons. The summed E-state index contributed by atoms with van der Waals surface area (Å²) in [5, 5.41) is 7.24. The van der Waals surface area contributed by atoms with Crippen LogP contribution >= 0.6 is 0 Å². The summed E-state index contributed by atoms with van der Waals surface area (Å²) in [6.07, 6.45) is 5.42. The molecule has 2 heterocycles. The minimum Gasteiger partial charge on any atom is -0.347 e. The van der Waals surface area contributed by atoms with E-state index < -0.39 is 11.9 Å². The quantitative estimate of drug-likeness (QED) is 0.674. The third kappa shape index (κ3) is 3.32. The fraction of sp³-hybridized carbons (Fsp3) is 0.708.